The lowest BCUT2D eigenvalue weighted by atomic mass is 10.0. The molecule has 0 spiro atoms. The first kappa shape index (κ1) is 14.5. The van der Waals surface area contributed by atoms with Crippen molar-refractivity contribution < 1.29 is 19.4 Å². The Balaban J connectivity index is 2.16. The van der Waals surface area contributed by atoms with Crippen molar-refractivity contribution in [3.63, 3.8) is 0 Å². The molecule has 2 rings (SSSR count). The number of aliphatic carboxylic acids is 1. The molecule has 0 radical (unpaired) electrons. The smallest absolute Gasteiger partial charge is 0.334 e. The van der Waals surface area contributed by atoms with Gasteiger partial charge in [0.25, 0.3) is 5.91 Å². The van der Waals surface area contributed by atoms with Gasteiger partial charge >= 0.3 is 5.97 Å². The number of carbonyl (C=O) groups excluding carboxylic acids is 1. The molecule has 20 heavy (non-hydrogen) atoms. The molecule has 108 valence electrons. The van der Waals surface area contributed by atoms with E-state index in [1.807, 2.05) is 12.1 Å². The van der Waals surface area contributed by atoms with Crippen molar-refractivity contribution >= 4 is 11.9 Å². The molecule has 1 aliphatic heterocycles. The van der Waals surface area contributed by atoms with E-state index < -0.39 is 12.1 Å². The Morgan fingerprint density at radius 2 is 2.15 bits per heavy atom. The summed E-state index contributed by atoms with van der Waals surface area (Å²) in [4.78, 5) is 25.0. The molecule has 3 N–H and O–H groups in total. The number of carbonyl (C=O) groups is 2. The van der Waals surface area contributed by atoms with Gasteiger partial charge in [0.1, 0.15) is 0 Å². The fraction of sp³-hybridized carbons (Fsp3) is 0.429. The number of ether oxygens (including phenoxy) is 1. The van der Waals surface area contributed by atoms with Crippen LogP contribution in [0.5, 0.6) is 0 Å². The van der Waals surface area contributed by atoms with Crippen molar-refractivity contribution in [2.45, 2.75) is 12.5 Å². The van der Waals surface area contributed by atoms with Crippen LogP contribution in [0, 0.1) is 0 Å². The molecule has 0 aliphatic carbocycles. The molecule has 6 heteroatoms. The first-order chi connectivity index (χ1) is 9.63. The molecule has 6 nitrogen and oxygen atoms in total. The van der Waals surface area contributed by atoms with Crippen LogP contribution in [-0.4, -0.2) is 54.2 Å². The van der Waals surface area contributed by atoms with Crippen LogP contribution >= 0.6 is 0 Å². The minimum atomic E-state index is -1.04. The third kappa shape index (κ3) is 3.15. The average Bonchev–Trinajstić information content (AvgIpc) is 2.47. The second kappa shape index (κ2) is 6.49. The molecule has 0 bridgehead atoms. The van der Waals surface area contributed by atoms with Gasteiger partial charge in [0.15, 0.2) is 6.10 Å². The number of nitrogens with two attached hydrogens (primary N) is 1. The SMILES string of the molecule is NCCc1ccccc1C(=O)N1CCOC(C(=O)O)C1. The number of benzene rings is 1. The quantitative estimate of drug-likeness (QED) is 0.815. The summed E-state index contributed by atoms with van der Waals surface area (Å²) in [5.41, 5.74) is 7.02. The molecule has 1 saturated heterocycles. The largest absolute Gasteiger partial charge is 0.479 e. The molecule has 1 unspecified atom stereocenters. The first-order valence-electron chi connectivity index (χ1n) is 6.55. The predicted octanol–water partition coefficient (Wildman–Crippen LogP) is 0.113. The Morgan fingerprint density at radius 1 is 1.40 bits per heavy atom. The summed E-state index contributed by atoms with van der Waals surface area (Å²) >= 11 is 0. The molecule has 1 fully saturated rings. The van der Waals surface area contributed by atoms with Crippen LogP contribution in [0.15, 0.2) is 24.3 Å². The maximum absolute atomic E-state index is 12.5. The summed E-state index contributed by atoms with van der Waals surface area (Å²) in [6.07, 6.45) is -0.330. The maximum Gasteiger partial charge on any atom is 0.334 e. The fourth-order valence-electron chi connectivity index (χ4n) is 2.26. The zero-order valence-corrected chi connectivity index (χ0v) is 11.1. The van der Waals surface area contributed by atoms with Crippen molar-refractivity contribution in [1.29, 1.82) is 0 Å². The monoisotopic (exact) mass is 278 g/mol. The molecule has 1 amide bonds. The van der Waals surface area contributed by atoms with Crippen LogP contribution in [0.2, 0.25) is 0 Å². The summed E-state index contributed by atoms with van der Waals surface area (Å²) in [6.45, 7) is 1.18. The summed E-state index contributed by atoms with van der Waals surface area (Å²) in [5.74, 6) is -1.21. The normalized spacial score (nSPS) is 18.9. The van der Waals surface area contributed by atoms with E-state index in [0.29, 0.717) is 25.1 Å². The van der Waals surface area contributed by atoms with E-state index in [2.05, 4.69) is 0 Å². The number of morpholine rings is 1. The number of carboxylic acid groups (broad SMARTS) is 1. The molecule has 1 heterocycles. The Labute approximate surface area is 117 Å². The van der Waals surface area contributed by atoms with E-state index >= 15 is 0 Å². The molecule has 1 atom stereocenters. The van der Waals surface area contributed by atoms with E-state index in [9.17, 15) is 9.59 Å². The van der Waals surface area contributed by atoms with Crippen molar-refractivity contribution in [2.24, 2.45) is 5.73 Å². The van der Waals surface area contributed by atoms with Gasteiger partial charge in [0.2, 0.25) is 0 Å². The van der Waals surface area contributed by atoms with E-state index in [1.165, 1.54) is 4.90 Å². The van der Waals surface area contributed by atoms with E-state index in [0.717, 1.165) is 5.56 Å². The highest BCUT2D eigenvalue weighted by Crippen LogP contribution is 2.15. The number of hydrogen-bond acceptors (Lipinski definition) is 4. The fourth-order valence-corrected chi connectivity index (χ4v) is 2.26. The highest BCUT2D eigenvalue weighted by molar-refractivity contribution is 5.96. The molecule has 1 aromatic rings. The van der Waals surface area contributed by atoms with Gasteiger partial charge in [-0.15, -0.1) is 0 Å². The van der Waals surface area contributed by atoms with Crippen molar-refractivity contribution in [3.05, 3.63) is 35.4 Å². The highest BCUT2D eigenvalue weighted by atomic mass is 16.5. The Hall–Kier alpha value is -1.92. The molecule has 0 aromatic heterocycles. The van der Waals surface area contributed by atoms with Gasteiger partial charge in [-0.3, -0.25) is 4.79 Å². The third-order valence-electron chi connectivity index (χ3n) is 3.29. The van der Waals surface area contributed by atoms with Crippen molar-refractivity contribution in [1.82, 2.24) is 4.90 Å². The summed E-state index contributed by atoms with van der Waals surface area (Å²) in [5, 5.41) is 8.97. The van der Waals surface area contributed by atoms with Crippen LogP contribution in [0.1, 0.15) is 15.9 Å². The lowest BCUT2D eigenvalue weighted by Crippen LogP contribution is -2.48. The third-order valence-corrected chi connectivity index (χ3v) is 3.29. The summed E-state index contributed by atoms with van der Waals surface area (Å²) < 4.78 is 5.12. The average molecular weight is 278 g/mol. The topological polar surface area (TPSA) is 92.9 Å². The summed E-state index contributed by atoms with van der Waals surface area (Å²) in [7, 11) is 0. The lowest BCUT2D eigenvalue weighted by Gasteiger charge is -2.31. The number of amides is 1. The van der Waals surface area contributed by atoms with Gasteiger partial charge in [0, 0.05) is 12.1 Å². The van der Waals surface area contributed by atoms with E-state index in [-0.39, 0.29) is 19.1 Å². The predicted molar refractivity (Wildman–Crippen MR) is 72.5 cm³/mol. The second-order valence-corrected chi connectivity index (χ2v) is 4.64. The van der Waals surface area contributed by atoms with Crippen LogP contribution in [0.4, 0.5) is 0 Å². The Kier molecular flexibility index (Phi) is 4.70. The zero-order valence-electron chi connectivity index (χ0n) is 11.1. The van der Waals surface area contributed by atoms with Crippen LogP contribution in [0.3, 0.4) is 0 Å². The van der Waals surface area contributed by atoms with Crippen molar-refractivity contribution in [2.75, 3.05) is 26.2 Å². The lowest BCUT2D eigenvalue weighted by molar-refractivity contribution is -0.154. The van der Waals surface area contributed by atoms with Gasteiger partial charge in [-0.25, -0.2) is 4.79 Å². The molecule has 1 aliphatic rings. The van der Waals surface area contributed by atoms with Gasteiger partial charge in [-0.05, 0) is 24.6 Å². The number of hydrogen-bond donors (Lipinski definition) is 2. The Morgan fingerprint density at radius 3 is 2.85 bits per heavy atom. The van der Waals surface area contributed by atoms with Crippen molar-refractivity contribution in [3.8, 4) is 0 Å². The zero-order chi connectivity index (χ0) is 14.5. The summed E-state index contributed by atoms with van der Waals surface area (Å²) in [6, 6.07) is 7.28. The highest BCUT2D eigenvalue weighted by Gasteiger charge is 2.30. The van der Waals surface area contributed by atoms with Crippen LogP contribution in [0.25, 0.3) is 0 Å². The second-order valence-electron chi connectivity index (χ2n) is 4.64. The first-order valence-corrected chi connectivity index (χ1v) is 6.55. The van der Waals surface area contributed by atoms with Crippen LogP contribution < -0.4 is 5.73 Å². The number of rotatable bonds is 4. The van der Waals surface area contributed by atoms with Gasteiger partial charge in [0.05, 0.1) is 13.2 Å². The molecule has 0 saturated carbocycles. The van der Waals surface area contributed by atoms with Gasteiger partial charge < -0.3 is 20.5 Å². The Bertz CT molecular complexity index is 504. The van der Waals surface area contributed by atoms with E-state index in [4.69, 9.17) is 15.6 Å². The van der Waals surface area contributed by atoms with E-state index in [1.54, 1.807) is 12.1 Å². The molecular weight excluding hydrogens is 260 g/mol. The number of carboxylic acids is 1. The van der Waals surface area contributed by atoms with Gasteiger partial charge in [-0.1, -0.05) is 18.2 Å². The standard InChI is InChI=1S/C14H18N2O4/c15-6-5-10-3-1-2-4-11(10)13(17)16-7-8-20-12(9-16)14(18)19/h1-4,12H,5-9,15H2,(H,18,19). The maximum atomic E-state index is 12.5. The van der Waals surface area contributed by atoms with Gasteiger partial charge in [-0.2, -0.15) is 0 Å². The number of nitrogens with zero attached hydrogens (tertiary/aromatic N) is 1. The molecular formula is C14H18N2O4. The minimum absolute atomic E-state index is 0.0745. The minimum Gasteiger partial charge on any atom is -0.479 e. The van der Waals surface area contributed by atoms with Crippen LogP contribution in [-0.2, 0) is 16.0 Å². The molecule has 1 aromatic carbocycles.